The molecule has 1 saturated heterocycles. The lowest BCUT2D eigenvalue weighted by Gasteiger charge is -2.16. The first-order chi connectivity index (χ1) is 14.2. The average Bonchev–Trinajstić information content (AvgIpc) is 3.27. The van der Waals surface area contributed by atoms with Gasteiger partial charge in [-0.1, -0.05) is 18.6 Å². The molecule has 30 heavy (non-hydrogen) atoms. The van der Waals surface area contributed by atoms with E-state index in [1.165, 1.54) is 19.3 Å². The minimum atomic E-state index is 0. The number of rotatable bonds is 5. The smallest absolute Gasteiger partial charge is 0.227 e. The molecule has 2 N–H and O–H groups in total. The van der Waals surface area contributed by atoms with Crippen molar-refractivity contribution in [1.29, 1.82) is 0 Å². The molecule has 1 aromatic carbocycles. The number of guanidine groups is 1. The molecule has 0 saturated carbocycles. The highest BCUT2D eigenvalue weighted by molar-refractivity contribution is 14.0. The first-order valence-electron chi connectivity index (χ1n) is 10.5. The predicted molar refractivity (Wildman–Crippen MR) is 128 cm³/mol. The topological polar surface area (TPSA) is 87.4 Å². The summed E-state index contributed by atoms with van der Waals surface area (Å²) in [7, 11) is 1.77. The van der Waals surface area contributed by atoms with Crippen LogP contribution < -0.4 is 15.5 Å². The molecular formula is C21H30IN7O. The van der Waals surface area contributed by atoms with Crippen LogP contribution in [0.5, 0.6) is 0 Å². The number of aliphatic imine (C=N–C) groups is 1. The summed E-state index contributed by atoms with van der Waals surface area (Å²) in [6.07, 6.45) is 6.24. The molecular weight excluding hydrogens is 493 g/mol. The number of fused-ring (bicyclic) bond motifs is 1. The van der Waals surface area contributed by atoms with E-state index in [9.17, 15) is 4.79 Å². The number of carbonyl (C=O) groups excluding carboxylic acids is 1. The number of hydrogen-bond donors (Lipinski definition) is 2. The Morgan fingerprint density at radius 3 is 2.53 bits per heavy atom. The first kappa shape index (κ1) is 22.5. The van der Waals surface area contributed by atoms with Crippen LogP contribution in [0.25, 0.3) is 0 Å². The van der Waals surface area contributed by atoms with Gasteiger partial charge < -0.3 is 20.1 Å². The number of benzene rings is 1. The summed E-state index contributed by atoms with van der Waals surface area (Å²) in [6, 6.07) is 8.14. The number of aryl methyl sites for hydroxylation is 1. The van der Waals surface area contributed by atoms with E-state index in [1.54, 1.807) is 7.05 Å². The number of aromatic nitrogens is 3. The van der Waals surface area contributed by atoms with Gasteiger partial charge in [-0.3, -0.25) is 9.79 Å². The summed E-state index contributed by atoms with van der Waals surface area (Å²) in [5.74, 6) is 3.00. The minimum Gasteiger partial charge on any atom is -0.352 e. The molecule has 2 aromatic rings. The fraction of sp³-hybridized carbons (Fsp3) is 0.524. The molecule has 0 unspecified atom stereocenters. The van der Waals surface area contributed by atoms with E-state index in [0.29, 0.717) is 19.5 Å². The van der Waals surface area contributed by atoms with Crippen molar-refractivity contribution in [2.24, 2.45) is 4.99 Å². The zero-order chi connectivity index (χ0) is 20.1. The molecule has 162 valence electrons. The number of anilines is 1. The summed E-state index contributed by atoms with van der Waals surface area (Å²) in [4.78, 5) is 18.0. The molecule has 1 fully saturated rings. The average molecular weight is 523 g/mol. The van der Waals surface area contributed by atoms with Crippen LogP contribution in [0, 0.1) is 0 Å². The van der Waals surface area contributed by atoms with Gasteiger partial charge in [-0.15, -0.1) is 34.2 Å². The van der Waals surface area contributed by atoms with Crippen molar-refractivity contribution in [2.45, 2.75) is 58.2 Å². The number of amides is 1. The summed E-state index contributed by atoms with van der Waals surface area (Å²) < 4.78 is 2.24. The van der Waals surface area contributed by atoms with Crippen molar-refractivity contribution in [3.63, 3.8) is 0 Å². The van der Waals surface area contributed by atoms with Crippen molar-refractivity contribution in [1.82, 2.24) is 25.4 Å². The normalized spacial score (nSPS) is 16.6. The van der Waals surface area contributed by atoms with E-state index in [-0.39, 0.29) is 29.9 Å². The maximum Gasteiger partial charge on any atom is 0.227 e. The highest BCUT2D eigenvalue weighted by atomic mass is 127. The minimum absolute atomic E-state index is 0. The Morgan fingerprint density at radius 1 is 1.00 bits per heavy atom. The fourth-order valence-corrected chi connectivity index (χ4v) is 3.96. The zero-order valence-corrected chi connectivity index (χ0v) is 19.8. The van der Waals surface area contributed by atoms with Gasteiger partial charge in [-0.05, 0) is 37.0 Å². The molecule has 0 aliphatic carbocycles. The highest BCUT2D eigenvalue weighted by Gasteiger charge is 2.21. The quantitative estimate of drug-likeness (QED) is 0.358. The lowest BCUT2D eigenvalue weighted by atomic mass is 10.2. The first-order valence-corrected chi connectivity index (χ1v) is 10.5. The molecule has 0 radical (unpaired) electrons. The maximum atomic E-state index is 11.9. The van der Waals surface area contributed by atoms with Crippen molar-refractivity contribution < 1.29 is 4.79 Å². The van der Waals surface area contributed by atoms with Crippen LogP contribution in [0.4, 0.5) is 5.69 Å². The predicted octanol–water partition coefficient (Wildman–Crippen LogP) is 2.61. The number of nitrogens with zero attached hydrogens (tertiary/aromatic N) is 5. The lowest BCUT2D eigenvalue weighted by Crippen LogP contribution is -2.37. The van der Waals surface area contributed by atoms with Crippen LogP contribution in [0.15, 0.2) is 29.3 Å². The second kappa shape index (κ2) is 10.7. The van der Waals surface area contributed by atoms with Crippen LogP contribution in [0.2, 0.25) is 0 Å². The maximum absolute atomic E-state index is 11.9. The number of nitrogens with one attached hydrogen (secondary N) is 2. The fourth-order valence-electron chi connectivity index (χ4n) is 3.96. The van der Waals surface area contributed by atoms with E-state index in [1.807, 2.05) is 17.0 Å². The van der Waals surface area contributed by atoms with E-state index in [0.717, 1.165) is 54.8 Å². The summed E-state index contributed by atoms with van der Waals surface area (Å²) in [5.41, 5.74) is 2.12. The van der Waals surface area contributed by atoms with E-state index in [2.05, 4.69) is 42.5 Å². The van der Waals surface area contributed by atoms with Crippen LogP contribution in [0.3, 0.4) is 0 Å². The van der Waals surface area contributed by atoms with Crippen molar-refractivity contribution in [2.75, 3.05) is 18.5 Å². The van der Waals surface area contributed by atoms with E-state index < -0.39 is 0 Å². The molecule has 0 bridgehead atoms. The molecule has 8 nitrogen and oxygen atoms in total. The Morgan fingerprint density at radius 2 is 1.80 bits per heavy atom. The zero-order valence-electron chi connectivity index (χ0n) is 17.4. The molecule has 2 aliphatic rings. The van der Waals surface area contributed by atoms with Gasteiger partial charge in [0.1, 0.15) is 5.82 Å². The van der Waals surface area contributed by atoms with Crippen LogP contribution in [-0.2, 0) is 30.8 Å². The van der Waals surface area contributed by atoms with Crippen LogP contribution in [0.1, 0.15) is 49.3 Å². The van der Waals surface area contributed by atoms with Crippen LogP contribution >= 0.6 is 24.0 Å². The third-order valence-electron chi connectivity index (χ3n) is 5.61. The second-order valence-corrected chi connectivity index (χ2v) is 7.59. The molecule has 1 aromatic heterocycles. The van der Waals surface area contributed by atoms with Gasteiger partial charge >= 0.3 is 0 Å². The van der Waals surface area contributed by atoms with Gasteiger partial charge in [-0.2, -0.15) is 0 Å². The standard InChI is InChI=1S/C21H29N7O.HI/c1-22-21(24-15-19-26-25-18-6-3-2-4-12-28(18)19)23-14-16-8-10-17(11-9-16)27-13-5-7-20(27)29;/h8-11H,2-7,12-15H2,1H3,(H2,22,23,24);1H. The highest BCUT2D eigenvalue weighted by Crippen LogP contribution is 2.21. The molecule has 2 aliphatic heterocycles. The Kier molecular flexibility index (Phi) is 8.06. The van der Waals surface area contributed by atoms with E-state index >= 15 is 0 Å². The Balaban J connectivity index is 0.00000256. The Hall–Kier alpha value is -2.17. The van der Waals surface area contributed by atoms with Gasteiger partial charge in [0.2, 0.25) is 5.91 Å². The molecule has 0 atom stereocenters. The molecule has 1 amide bonds. The molecule has 9 heteroatoms. The third kappa shape index (κ3) is 5.30. The van der Waals surface area contributed by atoms with E-state index in [4.69, 9.17) is 0 Å². The number of hydrogen-bond acceptors (Lipinski definition) is 4. The van der Waals surface area contributed by atoms with Gasteiger partial charge in [0.25, 0.3) is 0 Å². The van der Waals surface area contributed by atoms with Gasteiger partial charge in [0.15, 0.2) is 11.8 Å². The molecule has 3 heterocycles. The summed E-state index contributed by atoms with van der Waals surface area (Å²) in [6.45, 7) is 3.07. The number of carbonyl (C=O) groups is 1. The summed E-state index contributed by atoms with van der Waals surface area (Å²) in [5, 5.41) is 15.4. The van der Waals surface area contributed by atoms with Gasteiger partial charge in [-0.25, -0.2) is 0 Å². The lowest BCUT2D eigenvalue weighted by molar-refractivity contribution is -0.117. The molecule has 4 rings (SSSR count). The van der Waals surface area contributed by atoms with Gasteiger partial charge in [0.05, 0.1) is 6.54 Å². The Labute approximate surface area is 194 Å². The second-order valence-electron chi connectivity index (χ2n) is 7.59. The van der Waals surface area contributed by atoms with Crippen molar-refractivity contribution >= 4 is 41.5 Å². The Bertz CT molecular complexity index is 878. The molecule has 0 spiro atoms. The third-order valence-corrected chi connectivity index (χ3v) is 5.61. The number of halogens is 1. The van der Waals surface area contributed by atoms with Crippen LogP contribution in [-0.4, -0.2) is 40.2 Å². The van der Waals surface area contributed by atoms with Crippen molar-refractivity contribution in [3.8, 4) is 0 Å². The SMILES string of the molecule is CN=C(NCc1ccc(N2CCCC2=O)cc1)NCc1nnc2n1CCCCC2.I. The van der Waals surface area contributed by atoms with Crippen molar-refractivity contribution in [3.05, 3.63) is 41.5 Å². The largest absolute Gasteiger partial charge is 0.352 e. The van der Waals surface area contributed by atoms with Gasteiger partial charge in [0, 0.05) is 45.2 Å². The summed E-state index contributed by atoms with van der Waals surface area (Å²) >= 11 is 0. The monoisotopic (exact) mass is 523 g/mol.